The minimum atomic E-state index is -0.383. The van der Waals surface area contributed by atoms with Crippen molar-refractivity contribution in [3.8, 4) is 5.88 Å². The van der Waals surface area contributed by atoms with E-state index in [9.17, 15) is 4.79 Å². The average Bonchev–Trinajstić information content (AvgIpc) is 3.05. The zero-order chi connectivity index (χ0) is 18.3. The van der Waals surface area contributed by atoms with Crippen molar-refractivity contribution in [2.75, 3.05) is 44.4 Å². The van der Waals surface area contributed by atoms with Gasteiger partial charge in [-0.05, 0) is 20.8 Å². The summed E-state index contributed by atoms with van der Waals surface area (Å²) in [5.41, 5.74) is -0.0714. The van der Waals surface area contributed by atoms with Crippen LogP contribution in [-0.4, -0.2) is 65.8 Å². The highest BCUT2D eigenvalue weighted by Gasteiger charge is 2.23. The lowest BCUT2D eigenvalue weighted by molar-refractivity contribution is -0.150. The van der Waals surface area contributed by atoms with Gasteiger partial charge in [-0.15, -0.1) is 4.37 Å². The number of ether oxygens (including phenoxy) is 3. The number of morpholine rings is 1. The van der Waals surface area contributed by atoms with Gasteiger partial charge < -0.3 is 24.4 Å². The van der Waals surface area contributed by atoms with Gasteiger partial charge in [0.2, 0.25) is 5.82 Å². The van der Waals surface area contributed by atoms with Crippen LogP contribution in [0.2, 0.25) is 0 Å². The summed E-state index contributed by atoms with van der Waals surface area (Å²) < 4.78 is 25.2. The maximum Gasteiger partial charge on any atom is 0.305 e. The van der Waals surface area contributed by atoms with Gasteiger partial charge in [-0.1, -0.05) is 6.92 Å². The van der Waals surface area contributed by atoms with Gasteiger partial charge in [0.15, 0.2) is 0 Å². The van der Waals surface area contributed by atoms with E-state index in [1.54, 1.807) is 6.92 Å². The molecule has 1 fully saturated rings. The Kier molecular flexibility index (Phi) is 7.39. The average molecular weight is 372 g/mol. The highest BCUT2D eigenvalue weighted by Crippen LogP contribution is 2.26. The van der Waals surface area contributed by atoms with E-state index in [-0.39, 0.29) is 24.2 Å². The quantitative estimate of drug-likeness (QED) is 0.687. The van der Waals surface area contributed by atoms with Crippen LogP contribution in [0, 0.1) is 0 Å². The Labute approximate surface area is 153 Å². The van der Waals surface area contributed by atoms with Gasteiger partial charge in [0.05, 0.1) is 24.9 Å². The Morgan fingerprint density at radius 3 is 2.72 bits per heavy atom. The van der Waals surface area contributed by atoms with Crippen LogP contribution in [0.3, 0.4) is 0 Å². The van der Waals surface area contributed by atoms with Crippen LogP contribution in [0.1, 0.15) is 34.1 Å². The van der Waals surface area contributed by atoms with Crippen molar-refractivity contribution in [3.05, 3.63) is 0 Å². The SMILES string of the molecule is CCC(=O)OC(CNC(C)(C)C)COc1nsnc1N1CCOCC1. The van der Waals surface area contributed by atoms with Crippen LogP contribution in [0.25, 0.3) is 0 Å². The van der Waals surface area contributed by atoms with Gasteiger partial charge in [-0.25, -0.2) is 0 Å². The molecular formula is C16H28N4O4S. The second-order valence-corrected chi connectivity index (χ2v) is 7.43. The summed E-state index contributed by atoms with van der Waals surface area (Å²) in [6, 6.07) is 0. The molecule has 0 radical (unpaired) electrons. The maximum atomic E-state index is 11.7. The molecule has 8 nitrogen and oxygen atoms in total. The van der Waals surface area contributed by atoms with Crippen LogP contribution in [0.5, 0.6) is 5.88 Å². The number of nitrogens with one attached hydrogen (secondary N) is 1. The summed E-state index contributed by atoms with van der Waals surface area (Å²) >= 11 is 1.12. The molecule has 0 saturated carbocycles. The van der Waals surface area contributed by atoms with Crippen LogP contribution in [-0.2, 0) is 14.3 Å². The minimum Gasteiger partial charge on any atom is -0.470 e. The highest BCUT2D eigenvalue weighted by atomic mass is 32.1. The van der Waals surface area contributed by atoms with Crippen molar-refractivity contribution in [2.24, 2.45) is 0 Å². The van der Waals surface area contributed by atoms with Gasteiger partial charge in [-0.3, -0.25) is 4.79 Å². The molecule has 1 N–H and O–H groups in total. The summed E-state index contributed by atoms with van der Waals surface area (Å²) in [6.07, 6.45) is -0.0468. The van der Waals surface area contributed by atoms with E-state index in [2.05, 4.69) is 39.7 Å². The van der Waals surface area contributed by atoms with E-state index >= 15 is 0 Å². The second kappa shape index (κ2) is 9.30. The molecule has 142 valence electrons. The van der Waals surface area contributed by atoms with Crippen LogP contribution in [0.4, 0.5) is 5.82 Å². The predicted octanol–water partition coefficient (Wildman–Crippen LogP) is 1.46. The Morgan fingerprint density at radius 2 is 2.08 bits per heavy atom. The molecule has 1 aliphatic heterocycles. The molecule has 2 heterocycles. The van der Waals surface area contributed by atoms with Gasteiger partial charge in [0.25, 0.3) is 5.88 Å². The monoisotopic (exact) mass is 372 g/mol. The van der Waals surface area contributed by atoms with Crippen molar-refractivity contribution in [3.63, 3.8) is 0 Å². The molecule has 0 aliphatic carbocycles. The second-order valence-electron chi connectivity index (χ2n) is 6.90. The molecule has 0 bridgehead atoms. The third-order valence-electron chi connectivity index (χ3n) is 3.61. The van der Waals surface area contributed by atoms with Crippen molar-refractivity contribution in [1.82, 2.24) is 14.1 Å². The summed E-state index contributed by atoms with van der Waals surface area (Å²) in [5, 5.41) is 3.34. The van der Waals surface area contributed by atoms with Gasteiger partial charge in [-0.2, -0.15) is 4.37 Å². The first kappa shape index (κ1) is 19.9. The van der Waals surface area contributed by atoms with Crippen molar-refractivity contribution in [2.45, 2.75) is 45.8 Å². The Bertz CT molecular complexity index is 540. The number of esters is 1. The van der Waals surface area contributed by atoms with E-state index < -0.39 is 0 Å². The van der Waals surface area contributed by atoms with Gasteiger partial charge in [0, 0.05) is 31.6 Å². The standard InChI is InChI=1S/C16H28N4O4S/c1-5-13(21)24-12(10-17-16(2,3)4)11-23-15-14(18-25-19-15)20-6-8-22-9-7-20/h12,17H,5-11H2,1-4H3. The molecule has 0 aromatic carbocycles. The van der Waals surface area contributed by atoms with Crippen LogP contribution in [0.15, 0.2) is 0 Å². The lowest BCUT2D eigenvalue weighted by Crippen LogP contribution is -2.44. The molecule has 0 amide bonds. The summed E-state index contributed by atoms with van der Waals surface area (Å²) in [6.45, 7) is 11.6. The summed E-state index contributed by atoms with van der Waals surface area (Å²) in [7, 11) is 0. The summed E-state index contributed by atoms with van der Waals surface area (Å²) in [5.74, 6) is 0.979. The number of aromatic nitrogens is 2. The Hall–Kier alpha value is -1.45. The molecule has 0 spiro atoms. The molecular weight excluding hydrogens is 344 g/mol. The van der Waals surface area contributed by atoms with E-state index in [1.165, 1.54) is 0 Å². The number of carbonyl (C=O) groups is 1. The van der Waals surface area contributed by atoms with Gasteiger partial charge in [0.1, 0.15) is 12.7 Å². The Balaban J connectivity index is 1.94. The largest absolute Gasteiger partial charge is 0.470 e. The number of carbonyl (C=O) groups excluding carboxylic acids is 1. The first-order valence-corrected chi connectivity index (χ1v) is 9.34. The number of anilines is 1. The zero-order valence-electron chi connectivity index (χ0n) is 15.4. The molecule has 1 unspecified atom stereocenters. The van der Waals surface area contributed by atoms with E-state index in [1.807, 2.05) is 0 Å². The molecule has 1 atom stereocenters. The van der Waals surface area contributed by atoms with E-state index in [4.69, 9.17) is 14.2 Å². The molecule has 25 heavy (non-hydrogen) atoms. The van der Waals surface area contributed by atoms with Crippen LogP contribution >= 0.6 is 11.7 Å². The topological polar surface area (TPSA) is 85.8 Å². The maximum absolute atomic E-state index is 11.7. The first-order valence-electron chi connectivity index (χ1n) is 8.61. The van der Waals surface area contributed by atoms with Crippen molar-refractivity contribution < 1.29 is 19.0 Å². The van der Waals surface area contributed by atoms with Gasteiger partial charge >= 0.3 is 5.97 Å². The molecule has 9 heteroatoms. The van der Waals surface area contributed by atoms with E-state index in [0.29, 0.717) is 32.1 Å². The Morgan fingerprint density at radius 1 is 1.36 bits per heavy atom. The zero-order valence-corrected chi connectivity index (χ0v) is 16.2. The summed E-state index contributed by atoms with van der Waals surface area (Å²) in [4.78, 5) is 13.8. The molecule has 1 aromatic heterocycles. The third kappa shape index (κ3) is 6.75. The number of hydrogen-bond donors (Lipinski definition) is 1. The van der Waals surface area contributed by atoms with Crippen molar-refractivity contribution in [1.29, 1.82) is 0 Å². The fourth-order valence-electron chi connectivity index (χ4n) is 2.23. The number of hydrogen-bond acceptors (Lipinski definition) is 9. The highest BCUT2D eigenvalue weighted by molar-refractivity contribution is 6.99. The third-order valence-corrected chi connectivity index (χ3v) is 4.11. The number of rotatable bonds is 8. The van der Waals surface area contributed by atoms with Crippen LogP contribution < -0.4 is 15.0 Å². The molecule has 1 saturated heterocycles. The fraction of sp³-hybridized carbons (Fsp3) is 0.812. The van der Waals surface area contributed by atoms with E-state index in [0.717, 1.165) is 30.6 Å². The fourth-order valence-corrected chi connectivity index (χ4v) is 2.75. The molecule has 1 aliphatic rings. The van der Waals surface area contributed by atoms with Crippen molar-refractivity contribution >= 4 is 23.5 Å². The minimum absolute atomic E-state index is 0.0714. The molecule has 1 aromatic rings. The predicted molar refractivity (Wildman–Crippen MR) is 96.4 cm³/mol. The smallest absolute Gasteiger partial charge is 0.305 e. The first-order chi connectivity index (χ1) is 11.9. The lowest BCUT2D eigenvalue weighted by Gasteiger charge is -2.27. The molecule has 2 rings (SSSR count). The normalized spacial score (nSPS) is 16.6. The number of nitrogens with zero attached hydrogens (tertiary/aromatic N) is 3. The lowest BCUT2D eigenvalue weighted by atomic mass is 10.1.